The third kappa shape index (κ3) is 3.98. The van der Waals surface area contributed by atoms with Gasteiger partial charge < -0.3 is 10.2 Å². The molecule has 1 heterocycles. The minimum atomic E-state index is -0.707. The first-order chi connectivity index (χ1) is 12.9. The summed E-state index contributed by atoms with van der Waals surface area (Å²) in [5.74, 6) is -1.57. The van der Waals surface area contributed by atoms with Crippen molar-refractivity contribution in [2.24, 2.45) is 0 Å². The van der Waals surface area contributed by atoms with E-state index in [1.165, 1.54) is 29.3 Å². The van der Waals surface area contributed by atoms with E-state index in [-0.39, 0.29) is 29.1 Å². The van der Waals surface area contributed by atoms with Crippen LogP contribution in [-0.2, 0) is 4.79 Å². The first-order valence-corrected chi connectivity index (χ1v) is 9.35. The Bertz CT molecular complexity index is 864. The third-order valence-corrected chi connectivity index (χ3v) is 5.48. The fourth-order valence-electron chi connectivity index (χ4n) is 3.58. The maximum atomic E-state index is 13.9. The number of hydrogen-bond acceptors (Lipinski definition) is 2. The molecule has 0 spiro atoms. The zero-order valence-corrected chi connectivity index (χ0v) is 16.1. The molecule has 1 N–H and O–H groups in total. The lowest BCUT2D eigenvalue weighted by Crippen LogP contribution is -2.40. The van der Waals surface area contributed by atoms with Gasteiger partial charge in [0.05, 0.1) is 23.2 Å². The molecule has 27 heavy (non-hydrogen) atoms. The Hall–Kier alpha value is -2.40. The molecule has 6 heteroatoms. The molecule has 142 valence electrons. The van der Waals surface area contributed by atoms with Crippen LogP contribution in [0.3, 0.4) is 0 Å². The van der Waals surface area contributed by atoms with Crippen molar-refractivity contribution in [1.82, 2.24) is 10.2 Å². The lowest BCUT2D eigenvalue weighted by molar-refractivity contribution is -0.131. The number of nitrogens with zero attached hydrogens (tertiary/aromatic N) is 1. The lowest BCUT2D eigenvalue weighted by atomic mass is 9.96. The molecule has 0 saturated carbocycles. The van der Waals surface area contributed by atoms with Gasteiger partial charge in [0.1, 0.15) is 5.82 Å². The van der Waals surface area contributed by atoms with Gasteiger partial charge in [-0.3, -0.25) is 9.59 Å². The van der Waals surface area contributed by atoms with E-state index in [4.69, 9.17) is 11.6 Å². The van der Waals surface area contributed by atoms with E-state index in [2.05, 4.69) is 31.3 Å². The first kappa shape index (κ1) is 19.4. The number of aryl methyl sites for hydroxylation is 1. The number of likely N-dealkylation sites (tertiary alicyclic amines) is 1. The van der Waals surface area contributed by atoms with Crippen LogP contribution in [0.4, 0.5) is 4.39 Å². The maximum Gasteiger partial charge on any atom is 0.256 e. The summed E-state index contributed by atoms with van der Waals surface area (Å²) in [5.41, 5.74) is 3.28. The Morgan fingerprint density at radius 1 is 1.22 bits per heavy atom. The van der Waals surface area contributed by atoms with Gasteiger partial charge in [0.25, 0.3) is 5.91 Å². The molecule has 1 atom stereocenters. The van der Waals surface area contributed by atoms with Crippen molar-refractivity contribution in [2.75, 3.05) is 13.1 Å². The van der Waals surface area contributed by atoms with Crippen LogP contribution in [0.2, 0.25) is 5.02 Å². The minimum Gasteiger partial charge on any atom is -0.343 e. The van der Waals surface area contributed by atoms with Crippen molar-refractivity contribution >= 4 is 23.4 Å². The SMILES string of the molecule is Cc1cccc([C@@H]2CCCN2C(=O)CNC(=O)c2c(F)cccc2Cl)c1C. The Balaban J connectivity index is 1.70. The van der Waals surface area contributed by atoms with Crippen LogP contribution >= 0.6 is 11.6 Å². The molecule has 0 unspecified atom stereocenters. The number of rotatable bonds is 4. The highest BCUT2D eigenvalue weighted by Crippen LogP contribution is 2.34. The average Bonchev–Trinajstić information content (AvgIpc) is 3.11. The van der Waals surface area contributed by atoms with Gasteiger partial charge in [-0.25, -0.2) is 4.39 Å². The summed E-state index contributed by atoms with van der Waals surface area (Å²) in [4.78, 5) is 26.8. The quantitative estimate of drug-likeness (QED) is 0.853. The van der Waals surface area contributed by atoms with E-state index in [9.17, 15) is 14.0 Å². The highest BCUT2D eigenvalue weighted by Gasteiger charge is 2.31. The maximum absolute atomic E-state index is 13.9. The van der Waals surface area contributed by atoms with Crippen molar-refractivity contribution in [3.8, 4) is 0 Å². The van der Waals surface area contributed by atoms with Crippen molar-refractivity contribution in [1.29, 1.82) is 0 Å². The van der Waals surface area contributed by atoms with Gasteiger partial charge in [-0.15, -0.1) is 0 Å². The van der Waals surface area contributed by atoms with Crippen molar-refractivity contribution in [2.45, 2.75) is 32.7 Å². The van der Waals surface area contributed by atoms with E-state index in [1.54, 1.807) is 4.90 Å². The molecule has 1 aliphatic heterocycles. The summed E-state index contributed by atoms with van der Waals surface area (Å²) in [5, 5.41) is 2.52. The summed E-state index contributed by atoms with van der Waals surface area (Å²) in [6.07, 6.45) is 1.81. The van der Waals surface area contributed by atoms with Gasteiger partial charge >= 0.3 is 0 Å². The average molecular weight is 389 g/mol. The number of carbonyl (C=O) groups excluding carboxylic acids is 2. The smallest absolute Gasteiger partial charge is 0.256 e. The fourth-order valence-corrected chi connectivity index (χ4v) is 3.83. The zero-order chi connectivity index (χ0) is 19.6. The number of carbonyl (C=O) groups is 2. The molecule has 1 aliphatic rings. The fraction of sp³-hybridized carbons (Fsp3) is 0.333. The minimum absolute atomic E-state index is 0.00588. The predicted molar refractivity (Wildman–Crippen MR) is 103 cm³/mol. The molecule has 3 rings (SSSR count). The van der Waals surface area contributed by atoms with Crippen LogP contribution in [0, 0.1) is 19.7 Å². The monoisotopic (exact) mass is 388 g/mol. The standard InChI is InChI=1S/C21H22ClFN2O2/c1-13-6-3-7-15(14(13)2)18-10-5-11-25(18)19(26)12-24-21(27)20-16(22)8-4-9-17(20)23/h3-4,6-9,18H,5,10-12H2,1-2H3,(H,24,27)/t18-/m0/s1. The van der Waals surface area contributed by atoms with E-state index in [0.717, 1.165) is 18.4 Å². The Morgan fingerprint density at radius 2 is 1.96 bits per heavy atom. The van der Waals surface area contributed by atoms with Crippen LogP contribution in [-0.4, -0.2) is 29.8 Å². The van der Waals surface area contributed by atoms with E-state index < -0.39 is 11.7 Å². The van der Waals surface area contributed by atoms with Gasteiger partial charge in [0.2, 0.25) is 5.91 Å². The number of amides is 2. The van der Waals surface area contributed by atoms with Crippen LogP contribution in [0.15, 0.2) is 36.4 Å². The van der Waals surface area contributed by atoms with Gasteiger partial charge in [-0.1, -0.05) is 35.9 Å². The van der Waals surface area contributed by atoms with E-state index >= 15 is 0 Å². The molecule has 0 aromatic heterocycles. The first-order valence-electron chi connectivity index (χ1n) is 8.98. The molecule has 2 amide bonds. The van der Waals surface area contributed by atoms with Crippen molar-refractivity contribution in [3.63, 3.8) is 0 Å². The summed E-state index contributed by atoms with van der Waals surface area (Å²) in [7, 11) is 0. The molecule has 0 radical (unpaired) electrons. The third-order valence-electron chi connectivity index (χ3n) is 5.17. The highest BCUT2D eigenvalue weighted by atomic mass is 35.5. The summed E-state index contributed by atoms with van der Waals surface area (Å²) in [6.45, 7) is 4.57. The van der Waals surface area contributed by atoms with Gasteiger partial charge in [0, 0.05) is 6.54 Å². The molecule has 2 aromatic rings. The Labute approximate surface area is 163 Å². The molecule has 1 fully saturated rings. The largest absolute Gasteiger partial charge is 0.343 e. The normalized spacial score (nSPS) is 16.4. The number of benzene rings is 2. The highest BCUT2D eigenvalue weighted by molar-refractivity contribution is 6.33. The second kappa shape index (κ2) is 8.09. The van der Waals surface area contributed by atoms with Crippen LogP contribution in [0.25, 0.3) is 0 Å². The molecule has 4 nitrogen and oxygen atoms in total. The Morgan fingerprint density at radius 3 is 2.70 bits per heavy atom. The summed E-state index contributed by atoms with van der Waals surface area (Å²) >= 11 is 5.91. The summed E-state index contributed by atoms with van der Waals surface area (Å²) < 4.78 is 13.9. The topological polar surface area (TPSA) is 49.4 Å². The molecular formula is C21H22ClFN2O2. The Kier molecular flexibility index (Phi) is 5.80. The number of nitrogens with one attached hydrogen (secondary N) is 1. The lowest BCUT2D eigenvalue weighted by Gasteiger charge is -2.27. The second-order valence-electron chi connectivity index (χ2n) is 6.81. The van der Waals surface area contributed by atoms with Crippen LogP contribution in [0.1, 0.15) is 45.9 Å². The summed E-state index contributed by atoms with van der Waals surface area (Å²) in [6, 6.07) is 10.2. The zero-order valence-electron chi connectivity index (χ0n) is 15.4. The van der Waals surface area contributed by atoms with Crippen molar-refractivity contribution in [3.05, 3.63) is 69.5 Å². The number of halogens is 2. The molecule has 0 bridgehead atoms. The van der Waals surface area contributed by atoms with Crippen LogP contribution < -0.4 is 5.32 Å². The predicted octanol–water partition coefficient (Wildman–Crippen LogP) is 4.19. The molecule has 0 aliphatic carbocycles. The van der Waals surface area contributed by atoms with Gasteiger partial charge in [-0.05, 0) is 55.5 Å². The van der Waals surface area contributed by atoms with E-state index in [1.807, 2.05) is 6.07 Å². The second-order valence-corrected chi connectivity index (χ2v) is 7.22. The van der Waals surface area contributed by atoms with Crippen molar-refractivity contribution < 1.29 is 14.0 Å². The molecule has 1 saturated heterocycles. The van der Waals surface area contributed by atoms with Crippen LogP contribution in [0.5, 0.6) is 0 Å². The van der Waals surface area contributed by atoms with Gasteiger partial charge in [0.15, 0.2) is 0 Å². The molecule has 2 aromatic carbocycles. The molecular weight excluding hydrogens is 367 g/mol. The number of hydrogen-bond donors (Lipinski definition) is 1. The van der Waals surface area contributed by atoms with Gasteiger partial charge in [-0.2, -0.15) is 0 Å². The van der Waals surface area contributed by atoms with E-state index in [0.29, 0.717) is 6.54 Å².